The largest absolute Gasteiger partial charge is 0.497 e. The van der Waals surface area contributed by atoms with Crippen molar-refractivity contribution >= 4 is 11.7 Å². The molecule has 2 aliphatic rings. The Morgan fingerprint density at radius 2 is 2.08 bits per heavy atom. The van der Waals surface area contributed by atoms with E-state index in [1.165, 1.54) is 0 Å². The molecule has 0 aromatic heterocycles. The fourth-order valence-electron chi connectivity index (χ4n) is 3.81. The molecule has 2 aromatic rings. The maximum absolute atomic E-state index is 12.8. The molecule has 5 heteroatoms. The highest BCUT2D eigenvalue weighted by Crippen LogP contribution is 2.40. The van der Waals surface area contributed by atoms with Crippen LogP contribution in [0.15, 0.2) is 42.5 Å². The van der Waals surface area contributed by atoms with Gasteiger partial charge in [-0.2, -0.15) is 0 Å². The summed E-state index contributed by atoms with van der Waals surface area (Å²) in [6, 6.07) is 12.9. The van der Waals surface area contributed by atoms with E-state index >= 15 is 0 Å². The minimum Gasteiger partial charge on any atom is -0.497 e. The minimum absolute atomic E-state index is 0.0119. The van der Waals surface area contributed by atoms with Gasteiger partial charge in [0.15, 0.2) is 5.78 Å². The first kappa shape index (κ1) is 16.6. The third-order valence-corrected chi connectivity index (χ3v) is 5.16. The first-order chi connectivity index (χ1) is 12.5. The lowest BCUT2D eigenvalue weighted by atomic mass is 9.89. The number of carbonyl (C=O) groups excluding carboxylic acids is 2. The number of aryl methyl sites for hydroxylation is 1. The van der Waals surface area contributed by atoms with Crippen LogP contribution in [0.4, 0.5) is 0 Å². The van der Waals surface area contributed by atoms with Gasteiger partial charge in [-0.1, -0.05) is 17.7 Å². The van der Waals surface area contributed by atoms with Gasteiger partial charge < -0.3 is 14.4 Å². The number of ketones is 1. The quantitative estimate of drug-likeness (QED) is 0.833. The van der Waals surface area contributed by atoms with Gasteiger partial charge in [-0.05, 0) is 37.3 Å². The van der Waals surface area contributed by atoms with Crippen molar-refractivity contribution in [1.29, 1.82) is 0 Å². The number of amides is 1. The molecule has 0 saturated carbocycles. The SMILES string of the molecule is COc1ccc2c(c1)C(=O)CC1(CCN(C(=O)c3cccc(C)c3)C1)O2. The Labute approximate surface area is 152 Å². The van der Waals surface area contributed by atoms with E-state index in [1.807, 2.05) is 31.2 Å². The third kappa shape index (κ3) is 2.83. The van der Waals surface area contributed by atoms with E-state index in [9.17, 15) is 9.59 Å². The van der Waals surface area contributed by atoms with Gasteiger partial charge in [0, 0.05) is 18.5 Å². The summed E-state index contributed by atoms with van der Waals surface area (Å²) < 4.78 is 11.4. The van der Waals surface area contributed by atoms with Crippen molar-refractivity contribution in [1.82, 2.24) is 4.90 Å². The predicted octanol–water partition coefficient (Wildman–Crippen LogP) is 3.25. The molecule has 2 heterocycles. The van der Waals surface area contributed by atoms with Crippen LogP contribution in [0.25, 0.3) is 0 Å². The van der Waals surface area contributed by atoms with E-state index in [0.717, 1.165) is 5.56 Å². The Morgan fingerprint density at radius 3 is 2.85 bits per heavy atom. The fourth-order valence-corrected chi connectivity index (χ4v) is 3.81. The molecule has 1 atom stereocenters. The standard InChI is InChI=1S/C21H21NO4/c1-14-4-3-5-15(10-14)20(24)22-9-8-21(13-22)12-18(23)17-11-16(25-2)6-7-19(17)26-21/h3-7,10-11H,8-9,12-13H2,1-2H3. The summed E-state index contributed by atoms with van der Waals surface area (Å²) in [6.45, 7) is 2.99. The third-order valence-electron chi connectivity index (χ3n) is 5.16. The smallest absolute Gasteiger partial charge is 0.254 e. The Morgan fingerprint density at radius 1 is 1.23 bits per heavy atom. The summed E-state index contributed by atoms with van der Waals surface area (Å²) in [6.07, 6.45) is 0.937. The van der Waals surface area contributed by atoms with Crippen LogP contribution in [0.1, 0.15) is 39.1 Å². The summed E-state index contributed by atoms with van der Waals surface area (Å²) in [7, 11) is 1.57. The molecular formula is C21H21NO4. The van der Waals surface area contributed by atoms with E-state index in [-0.39, 0.29) is 18.1 Å². The number of ether oxygens (including phenoxy) is 2. The van der Waals surface area contributed by atoms with Gasteiger partial charge in [0.05, 0.1) is 25.6 Å². The summed E-state index contributed by atoms with van der Waals surface area (Å²) >= 11 is 0. The van der Waals surface area contributed by atoms with E-state index in [2.05, 4.69) is 0 Å². The normalized spacial score (nSPS) is 21.5. The van der Waals surface area contributed by atoms with Crippen molar-refractivity contribution < 1.29 is 19.1 Å². The first-order valence-corrected chi connectivity index (χ1v) is 8.76. The molecule has 0 aliphatic carbocycles. The van der Waals surface area contributed by atoms with Crippen molar-refractivity contribution in [2.75, 3.05) is 20.2 Å². The van der Waals surface area contributed by atoms with Gasteiger partial charge in [-0.25, -0.2) is 0 Å². The van der Waals surface area contributed by atoms with Crippen molar-refractivity contribution in [2.45, 2.75) is 25.4 Å². The molecule has 0 radical (unpaired) electrons. The Balaban J connectivity index is 1.56. The number of carbonyl (C=O) groups is 2. The molecule has 2 aliphatic heterocycles. The number of hydrogen-bond donors (Lipinski definition) is 0. The van der Waals surface area contributed by atoms with Crippen LogP contribution in [-0.4, -0.2) is 42.4 Å². The fraction of sp³-hybridized carbons (Fsp3) is 0.333. The van der Waals surface area contributed by atoms with Gasteiger partial charge in [-0.3, -0.25) is 9.59 Å². The lowest BCUT2D eigenvalue weighted by Gasteiger charge is -2.34. The molecule has 4 rings (SSSR count). The van der Waals surface area contributed by atoms with Crippen molar-refractivity contribution in [3.8, 4) is 11.5 Å². The number of Topliss-reactive ketones (excluding diaryl/α,β-unsaturated/α-hetero) is 1. The van der Waals surface area contributed by atoms with Crippen LogP contribution in [0.3, 0.4) is 0 Å². The highest BCUT2D eigenvalue weighted by Gasteiger charge is 2.47. The van der Waals surface area contributed by atoms with Crippen molar-refractivity contribution in [3.63, 3.8) is 0 Å². The molecule has 1 amide bonds. The average Bonchev–Trinajstić information content (AvgIpc) is 3.04. The minimum atomic E-state index is -0.627. The lowest BCUT2D eigenvalue weighted by Crippen LogP contribution is -2.45. The first-order valence-electron chi connectivity index (χ1n) is 8.76. The number of fused-ring (bicyclic) bond motifs is 1. The Kier molecular flexibility index (Phi) is 3.94. The summed E-state index contributed by atoms with van der Waals surface area (Å²) in [5.41, 5.74) is 1.66. The van der Waals surface area contributed by atoms with Crippen molar-refractivity contribution in [2.24, 2.45) is 0 Å². The number of nitrogens with zero attached hydrogens (tertiary/aromatic N) is 1. The number of benzene rings is 2. The van der Waals surface area contributed by atoms with Crippen LogP contribution in [0.5, 0.6) is 11.5 Å². The summed E-state index contributed by atoms with van der Waals surface area (Å²) in [5, 5.41) is 0. The second-order valence-corrected chi connectivity index (χ2v) is 7.09. The maximum Gasteiger partial charge on any atom is 0.254 e. The second kappa shape index (κ2) is 6.16. The number of likely N-dealkylation sites (tertiary alicyclic amines) is 1. The van der Waals surface area contributed by atoms with Crippen LogP contribution >= 0.6 is 0 Å². The summed E-state index contributed by atoms with van der Waals surface area (Å²) in [4.78, 5) is 27.3. The zero-order chi connectivity index (χ0) is 18.3. The monoisotopic (exact) mass is 351 g/mol. The number of methoxy groups -OCH3 is 1. The van der Waals surface area contributed by atoms with E-state index in [1.54, 1.807) is 30.2 Å². The molecule has 0 N–H and O–H groups in total. The second-order valence-electron chi connectivity index (χ2n) is 7.09. The van der Waals surface area contributed by atoms with Crippen LogP contribution in [-0.2, 0) is 0 Å². The maximum atomic E-state index is 12.8. The molecule has 1 unspecified atom stereocenters. The van der Waals surface area contributed by atoms with Crippen LogP contribution in [0.2, 0.25) is 0 Å². The van der Waals surface area contributed by atoms with Crippen LogP contribution in [0, 0.1) is 6.92 Å². The van der Waals surface area contributed by atoms with E-state index < -0.39 is 5.60 Å². The Bertz CT molecular complexity index is 891. The molecule has 1 fully saturated rings. The predicted molar refractivity (Wildman–Crippen MR) is 97.0 cm³/mol. The molecular weight excluding hydrogens is 330 g/mol. The van der Waals surface area contributed by atoms with Gasteiger partial charge in [0.25, 0.3) is 5.91 Å². The molecule has 26 heavy (non-hydrogen) atoms. The van der Waals surface area contributed by atoms with E-state index in [4.69, 9.17) is 9.47 Å². The van der Waals surface area contributed by atoms with Crippen LogP contribution < -0.4 is 9.47 Å². The van der Waals surface area contributed by atoms with Gasteiger partial charge in [0.1, 0.15) is 17.1 Å². The van der Waals surface area contributed by atoms with E-state index in [0.29, 0.717) is 42.1 Å². The highest BCUT2D eigenvalue weighted by molar-refractivity contribution is 6.01. The highest BCUT2D eigenvalue weighted by atomic mass is 16.5. The molecule has 2 aromatic carbocycles. The average molecular weight is 351 g/mol. The molecule has 1 spiro atoms. The molecule has 5 nitrogen and oxygen atoms in total. The molecule has 0 bridgehead atoms. The molecule has 1 saturated heterocycles. The zero-order valence-electron chi connectivity index (χ0n) is 15.0. The number of rotatable bonds is 2. The van der Waals surface area contributed by atoms with Gasteiger partial charge in [-0.15, -0.1) is 0 Å². The topological polar surface area (TPSA) is 55.8 Å². The van der Waals surface area contributed by atoms with Crippen molar-refractivity contribution in [3.05, 3.63) is 59.2 Å². The summed E-state index contributed by atoms with van der Waals surface area (Å²) in [5.74, 6) is 1.24. The Hall–Kier alpha value is -2.82. The zero-order valence-corrected chi connectivity index (χ0v) is 15.0. The van der Waals surface area contributed by atoms with Gasteiger partial charge >= 0.3 is 0 Å². The lowest BCUT2D eigenvalue weighted by molar-refractivity contribution is 0.0427. The number of hydrogen-bond acceptors (Lipinski definition) is 4. The molecule has 134 valence electrons. The van der Waals surface area contributed by atoms with Gasteiger partial charge in [0.2, 0.25) is 0 Å².